The predicted molar refractivity (Wildman–Crippen MR) is 96.7 cm³/mol. The van der Waals surface area contributed by atoms with Crippen molar-refractivity contribution in [3.05, 3.63) is 35.5 Å². The molecule has 24 heavy (non-hydrogen) atoms. The molecule has 0 saturated heterocycles. The third kappa shape index (κ3) is 2.40. The topological polar surface area (TPSA) is 41.6 Å². The van der Waals surface area contributed by atoms with Gasteiger partial charge in [0.15, 0.2) is 0 Å². The van der Waals surface area contributed by atoms with E-state index < -0.39 is 0 Å². The Kier molecular flexibility index (Phi) is 4.57. The molecule has 0 aromatic heterocycles. The maximum atomic E-state index is 13.2. The number of hydrogen-bond donors (Lipinski definition) is 1. The lowest BCUT2D eigenvalue weighted by molar-refractivity contribution is -0.128. The predicted octanol–water partition coefficient (Wildman–Crippen LogP) is 3.44. The number of rotatable bonds is 4. The van der Waals surface area contributed by atoms with Gasteiger partial charge in [0.25, 0.3) is 5.91 Å². The number of amides is 1. The lowest BCUT2D eigenvalue weighted by Crippen LogP contribution is -2.54. The quantitative estimate of drug-likeness (QED) is 0.920. The molecule has 1 N–H and O–H groups in total. The van der Waals surface area contributed by atoms with E-state index >= 15 is 0 Å². The first kappa shape index (κ1) is 16.9. The molecule has 1 amide bonds. The normalized spacial score (nSPS) is 27.1. The van der Waals surface area contributed by atoms with Gasteiger partial charge in [0.2, 0.25) is 0 Å². The maximum absolute atomic E-state index is 13.2. The van der Waals surface area contributed by atoms with Crippen LogP contribution in [0.1, 0.15) is 45.1 Å². The molecule has 1 spiro atoms. The van der Waals surface area contributed by atoms with Crippen molar-refractivity contribution in [1.29, 1.82) is 0 Å². The number of nitrogens with zero attached hydrogens (tertiary/aromatic N) is 1. The Labute approximate surface area is 144 Å². The number of hydrogen-bond acceptors (Lipinski definition) is 3. The van der Waals surface area contributed by atoms with E-state index in [1.54, 1.807) is 7.11 Å². The lowest BCUT2D eigenvalue weighted by Gasteiger charge is -2.46. The second-order valence-electron chi connectivity index (χ2n) is 6.94. The highest BCUT2D eigenvalue weighted by molar-refractivity contribution is 6.23. The molecule has 0 radical (unpaired) electrons. The number of ether oxygens (including phenoxy) is 1. The van der Waals surface area contributed by atoms with Gasteiger partial charge >= 0.3 is 0 Å². The van der Waals surface area contributed by atoms with E-state index in [4.69, 9.17) is 4.74 Å². The van der Waals surface area contributed by atoms with Crippen molar-refractivity contribution in [3.8, 4) is 5.75 Å². The molecule has 4 nitrogen and oxygen atoms in total. The molecule has 1 aromatic rings. The molecule has 2 aliphatic rings. The van der Waals surface area contributed by atoms with E-state index in [-0.39, 0.29) is 11.4 Å². The van der Waals surface area contributed by atoms with Gasteiger partial charge in [-0.25, -0.2) is 0 Å². The zero-order valence-electron chi connectivity index (χ0n) is 15.2. The molecule has 1 aliphatic heterocycles. The van der Waals surface area contributed by atoms with Crippen molar-refractivity contribution in [2.45, 2.75) is 45.1 Å². The van der Waals surface area contributed by atoms with Gasteiger partial charge in [0.1, 0.15) is 5.75 Å². The van der Waals surface area contributed by atoms with Crippen molar-refractivity contribution in [2.75, 3.05) is 20.7 Å². The number of carbonyl (C=O) groups excluding carboxylic acids is 1. The summed E-state index contributed by atoms with van der Waals surface area (Å²) in [6.45, 7) is 5.21. The maximum Gasteiger partial charge on any atom is 0.256 e. The summed E-state index contributed by atoms with van der Waals surface area (Å²) in [5.41, 5.74) is 2.74. The number of benzene rings is 1. The average Bonchev–Trinajstić information content (AvgIpc) is 2.81. The third-order valence-electron chi connectivity index (χ3n) is 5.79. The highest BCUT2D eigenvalue weighted by Crippen LogP contribution is 2.49. The van der Waals surface area contributed by atoms with Crippen LogP contribution in [0.4, 0.5) is 0 Å². The standard InChI is InChI=1S/C20H28N2O2/c1-5-21-18-17(15-9-11-16(24-4)12-10-15)19(23)22(3)20(18)13-7-6-8-14(20)2/h9-12,14,21H,5-8,13H2,1-4H3. The fraction of sp³-hybridized carbons (Fsp3) is 0.550. The summed E-state index contributed by atoms with van der Waals surface area (Å²) in [5.74, 6) is 1.40. The zero-order chi connectivity index (χ0) is 17.3. The first-order chi connectivity index (χ1) is 11.6. The molecule has 3 rings (SSSR count). The van der Waals surface area contributed by atoms with E-state index in [0.29, 0.717) is 5.92 Å². The molecule has 1 saturated carbocycles. The summed E-state index contributed by atoms with van der Waals surface area (Å²) in [4.78, 5) is 15.2. The summed E-state index contributed by atoms with van der Waals surface area (Å²) in [6, 6.07) is 7.83. The minimum Gasteiger partial charge on any atom is -0.497 e. The minimum absolute atomic E-state index is 0.130. The van der Waals surface area contributed by atoms with Crippen LogP contribution in [0.25, 0.3) is 5.57 Å². The van der Waals surface area contributed by atoms with Gasteiger partial charge in [-0.3, -0.25) is 4.79 Å². The summed E-state index contributed by atoms with van der Waals surface area (Å²) < 4.78 is 5.25. The van der Waals surface area contributed by atoms with Gasteiger partial charge in [-0.05, 0) is 43.4 Å². The Morgan fingerprint density at radius 3 is 2.58 bits per heavy atom. The largest absolute Gasteiger partial charge is 0.497 e. The molecular formula is C20H28N2O2. The van der Waals surface area contributed by atoms with Gasteiger partial charge in [-0.2, -0.15) is 0 Å². The Hall–Kier alpha value is -1.97. The van der Waals surface area contributed by atoms with Crippen molar-refractivity contribution < 1.29 is 9.53 Å². The third-order valence-corrected chi connectivity index (χ3v) is 5.79. The van der Waals surface area contributed by atoms with Crippen LogP contribution in [-0.2, 0) is 4.79 Å². The van der Waals surface area contributed by atoms with Crippen molar-refractivity contribution in [2.24, 2.45) is 5.92 Å². The SMILES string of the molecule is CCNC1=C(c2ccc(OC)cc2)C(=O)N(C)C12CCCCC2C. The van der Waals surface area contributed by atoms with Crippen LogP contribution in [0.5, 0.6) is 5.75 Å². The van der Waals surface area contributed by atoms with Crippen LogP contribution in [0.3, 0.4) is 0 Å². The highest BCUT2D eigenvalue weighted by atomic mass is 16.5. The number of carbonyl (C=O) groups is 1. The molecule has 1 aromatic carbocycles. The van der Waals surface area contributed by atoms with E-state index in [9.17, 15) is 4.79 Å². The minimum atomic E-state index is -0.180. The van der Waals surface area contributed by atoms with Crippen LogP contribution >= 0.6 is 0 Å². The van der Waals surface area contributed by atoms with E-state index in [0.717, 1.165) is 35.5 Å². The van der Waals surface area contributed by atoms with Crippen LogP contribution < -0.4 is 10.1 Å². The van der Waals surface area contributed by atoms with Crippen LogP contribution in [-0.4, -0.2) is 37.0 Å². The van der Waals surface area contributed by atoms with Crippen molar-refractivity contribution in [3.63, 3.8) is 0 Å². The van der Waals surface area contributed by atoms with Crippen molar-refractivity contribution >= 4 is 11.5 Å². The van der Waals surface area contributed by atoms with Crippen LogP contribution in [0.2, 0.25) is 0 Å². The summed E-state index contributed by atoms with van der Waals surface area (Å²) >= 11 is 0. The van der Waals surface area contributed by atoms with E-state index in [1.165, 1.54) is 19.3 Å². The van der Waals surface area contributed by atoms with E-state index in [2.05, 4.69) is 19.2 Å². The molecule has 1 fully saturated rings. The number of methoxy groups -OCH3 is 1. The van der Waals surface area contributed by atoms with Crippen LogP contribution in [0.15, 0.2) is 30.0 Å². The molecule has 1 aliphatic carbocycles. The Balaban J connectivity index is 2.14. The first-order valence-electron chi connectivity index (χ1n) is 8.97. The Morgan fingerprint density at radius 1 is 1.29 bits per heavy atom. The number of likely N-dealkylation sites (N-methyl/N-ethyl adjacent to an activating group) is 2. The van der Waals surface area contributed by atoms with E-state index in [1.807, 2.05) is 36.2 Å². The summed E-state index contributed by atoms with van der Waals surface area (Å²) in [5, 5.41) is 3.56. The summed E-state index contributed by atoms with van der Waals surface area (Å²) in [7, 11) is 3.63. The first-order valence-corrected chi connectivity index (χ1v) is 8.97. The van der Waals surface area contributed by atoms with Gasteiger partial charge in [0.05, 0.1) is 23.9 Å². The molecule has 1 heterocycles. The summed E-state index contributed by atoms with van der Waals surface area (Å²) in [6.07, 6.45) is 4.63. The number of nitrogens with one attached hydrogen (secondary N) is 1. The average molecular weight is 328 g/mol. The smallest absolute Gasteiger partial charge is 0.256 e. The van der Waals surface area contributed by atoms with Gasteiger partial charge in [-0.15, -0.1) is 0 Å². The molecule has 130 valence electrons. The lowest BCUT2D eigenvalue weighted by atomic mass is 9.71. The van der Waals surface area contributed by atoms with Gasteiger partial charge < -0.3 is 15.0 Å². The second kappa shape index (κ2) is 6.50. The molecule has 4 heteroatoms. The highest BCUT2D eigenvalue weighted by Gasteiger charge is 2.53. The Morgan fingerprint density at radius 2 is 2.00 bits per heavy atom. The van der Waals surface area contributed by atoms with Gasteiger partial charge in [0, 0.05) is 13.6 Å². The second-order valence-corrected chi connectivity index (χ2v) is 6.94. The van der Waals surface area contributed by atoms with Crippen LogP contribution in [0, 0.1) is 5.92 Å². The molecule has 0 bridgehead atoms. The van der Waals surface area contributed by atoms with Crippen molar-refractivity contribution in [1.82, 2.24) is 10.2 Å². The molecule has 2 unspecified atom stereocenters. The van der Waals surface area contributed by atoms with Gasteiger partial charge in [-0.1, -0.05) is 31.9 Å². The zero-order valence-corrected chi connectivity index (χ0v) is 15.2. The fourth-order valence-corrected chi connectivity index (χ4v) is 4.48. The fourth-order valence-electron chi connectivity index (χ4n) is 4.48. The Bertz CT molecular complexity index is 650. The monoisotopic (exact) mass is 328 g/mol. The molecular weight excluding hydrogens is 300 g/mol. The molecule has 2 atom stereocenters.